The van der Waals surface area contributed by atoms with Gasteiger partial charge in [-0.1, -0.05) is 24.4 Å². The lowest BCUT2D eigenvalue weighted by atomic mass is 9.85. The van der Waals surface area contributed by atoms with E-state index in [0.29, 0.717) is 18.3 Å². The molecule has 0 bridgehead atoms. The summed E-state index contributed by atoms with van der Waals surface area (Å²) in [6, 6.07) is 0. The Morgan fingerprint density at radius 1 is 1.35 bits per heavy atom. The van der Waals surface area contributed by atoms with Gasteiger partial charge in [0.1, 0.15) is 0 Å². The van der Waals surface area contributed by atoms with E-state index in [1.165, 1.54) is 6.42 Å². The molecule has 2 rings (SSSR count). The van der Waals surface area contributed by atoms with Crippen LogP contribution in [0.3, 0.4) is 0 Å². The van der Waals surface area contributed by atoms with Crippen LogP contribution in [0.2, 0.25) is 0 Å². The Labute approximate surface area is 102 Å². The molecule has 1 aliphatic carbocycles. The van der Waals surface area contributed by atoms with Crippen molar-refractivity contribution in [1.82, 2.24) is 15.5 Å². The molecule has 1 aromatic heterocycles. The third kappa shape index (κ3) is 3.78. The van der Waals surface area contributed by atoms with Crippen LogP contribution in [0.4, 0.5) is 0 Å². The average Bonchev–Trinajstić information content (AvgIpc) is 2.72. The first-order valence-corrected chi connectivity index (χ1v) is 6.40. The van der Waals surface area contributed by atoms with Gasteiger partial charge in [-0.25, -0.2) is 0 Å². The van der Waals surface area contributed by atoms with Crippen LogP contribution in [-0.4, -0.2) is 33.9 Å². The summed E-state index contributed by atoms with van der Waals surface area (Å²) in [5.74, 6) is 1.33. The zero-order chi connectivity index (χ0) is 12.1. The molecule has 17 heavy (non-hydrogen) atoms. The van der Waals surface area contributed by atoms with Gasteiger partial charge in [-0.05, 0) is 19.8 Å². The molecule has 1 saturated carbocycles. The minimum Gasteiger partial charge on any atom is -0.389 e. The minimum absolute atomic E-state index is 0.497. The Bertz CT molecular complexity index is 345. The predicted octanol–water partition coefficient (Wildman–Crippen LogP) is 1.21. The molecule has 0 spiro atoms. The van der Waals surface area contributed by atoms with Crippen LogP contribution in [0.25, 0.3) is 0 Å². The van der Waals surface area contributed by atoms with Gasteiger partial charge < -0.3 is 14.9 Å². The molecule has 0 unspecified atom stereocenters. The Morgan fingerprint density at radius 2 is 2.12 bits per heavy atom. The van der Waals surface area contributed by atoms with E-state index in [4.69, 9.17) is 4.52 Å². The first kappa shape index (κ1) is 12.5. The molecule has 0 radical (unpaired) electrons. The molecule has 0 aromatic carbocycles. The molecule has 1 aliphatic rings. The number of hydrogen-bond acceptors (Lipinski definition) is 5. The summed E-state index contributed by atoms with van der Waals surface area (Å²) in [6.07, 6.45) is 6.09. The molecule has 0 aliphatic heterocycles. The molecule has 1 aromatic rings. The summed E-state index contributed by atoms with van der Waals surface area (Å²) in [4.78, 5) is 4.13. The number of nitrogens with zero attached hydrogens (tertiary/aromatic N) is 2. The molecule has 1 fully saturated rings. The van der Waals surface area contributed by atoms with Gasteiger partial charge in [-0.15, -0.1) is 0 Å². The molecule has 1 heterocycles. The summed E-state index contributed by atoms with van der Waals surface area (Å²) in [6.45, 7) is 3.25. The van der Waals surface area contributed by atoms with E-state index in [1.807, 2.05) is 6.92 Å². The van der Waals surface area contributed by atoms with Gasteiger partial charge in [0.05, 0.1) is 5.60 Å². The lowest BCUT2D eigenvalue weighted by Gasteiger charge is -2.32. The highest BCUT2D eigenvalue weighted by Gasteiger charge is 2.28. The summed E-state index contributed by atoms with van der Waals surface area (Å²) in [5.41, 5.74) is -0.497. The van der Waals surface area contributed by atoms with Crippen molar-refractivity contribution in [2.75, 3.05) is 13.1 Å². The van der Waals surface area contributed by atoms with E-state index in [2.05, 4.69) is 15.5 Å². The number of aromatic nitrogens is 2. The van der Waals surface area contributed by atoms with Crippen molar-refractivity contribution in [3.8, 4) is 0 Å². The summed E-state index contributed by atoms with van der Waals surface area (Å²) in [7, 11) is 0. The highest BCUT2D eigenvalue weighted by atomic mass is 16.5. The molecule has 96 valence electrons. The van der Waals surface area contributed by atoms with Crippen LogP contribution in [0.15, 0.2) is 4.52 Å². The zero-order valence-corrected chi connectivity index (χ0v) is 10.4. The first-order chi connectivity index (χ1) is 8.18. The smallest absolute Gasteiger partial charge is 0.227 e. The van der Waals surface area contributed by atoms with E-state index in [-0.39, 0.29) is 0 Å². The summed E-state index contributed by atoms with van der Waals surface area (Å²) >= 11 is 0. The van der Waals surface area contributed by atoms with Gasteiger partial charge in [-0.2, -0.15) is 4.98 Å². The van der Waals surface area contributed by atoms with Gasteiger partial charge in [0.15, 0.2) is 5.82 Å². The van der Waals surface area contributed by atoms with Crippen LogP contribution in [0.1, 0.15) is 43.8 Å². The molecule has 0 saturated heterocycles. The van der Waals surface area contributed by atoms with Crippen molar-refractivity contribution < 1.29 is 9.63 Å². The summed E-state index contributed by atoms with van der Waals surface area (Å²) in [5, 5.41) is 17.3. The van der Waals surface area contributed by atoms with Crippen LogP contribution in [0.5, 0.6) is 0 Å². The van der Waals surface area contributed by atoms with E-state index in [0.717, 1.165) is 38.6 Å². The normalized spacial score (nSPS) is 19.4. The first-order valence-electron chi connectivity index (χ1n) is 6.40. The van der Waals surface area contributed by atoms with Crippen LogP contribution in [0, 0.1) is 6.92 Å². The van der Waals surface area contributed by atoms with Crippen molar-refractivity contribution in [3.05, 3.63) is 11.7 Å². The van der Waals surface area contributed by atoms with Crippen molar-refractivity contribution in [3.63, 3.8) is 0 Å². The largest absolute Gasteiger partial charge is 0.389 e. The van der Waals surface area contributed by atoms with Crippen molar-refractivity contribution in [1.29, 1.82) is 0 Å². The molecule has 0 atom stereocenters. The average molecular weight is 239 g/mol. The molecule has 0 amide bonds. The van der Waals surface area contributed by atoms with Gasteiger partial charge in [-0.3, -0.25) is 0 Å². The molecule has 5 heteroatoms. The van der Waals surface area contributed by atoms with Crippen LogP contribution < -0.4 is 5.32 Å². The Hall–Kier alpha value is -0.940. The molecular formula is C12H21N3O2. The van der Waals surface area contributed by atoms with Gasteiger partial charge in [0, 0.05) is 19.5 Å². The fourth-order valence-electron chi connectivity index (χ4n) is 2.34. The van der Waals surface area contributed by atoms with E-state index in [1.54, 1.807) is 0 Å². The maximum absolute atomic E-state index is 10.3. The Balaban J connectivity index is 1.65. The summed E-state index contributed by atoms with van der Waals surface area (Å²) < 4.78 is 5.02. The molecule has 2 N–H and O–H groups in total. The molecule has 5 nitrogen and oxygen atoms in total. The van der Waals surface area contributed by atoms with E-state index in [9.17, 15) is 5.11 Å². The van der Waals surface area contributed by atoms with Crippen molar-refractivity contribution in [2.45, 2.75) is 51.0 Å². The number of nitrogens with one attached hydrogen (secondary N) is 1. The number of aryl methyl sites for hydroxylation is 1. The predicted molar refractivity (Wildman–Crippen MR) is 63.6 cm³/mol. The fourth-order valence-corrected chi connectivity index (χ4v) is 2.34. The Kier molecular flexibility index (Phi) is 4.12. The maximum Gasteiger partial charge on any atom is 0.227 e. The lowest BCUT2D eigenvalue weighted by Crippen LogP contribution is -2.42. The third-order valence-electron chi connectivity index (χ3n) is 3.32. The van der Waals surface area contributed by atoms with E-state index < -0.39 is 5.60 Å². The van der Waals surface area contributed by atoms with Crippen molar-refractivity contribution in [2.24, 2.45) is 0 Å². The fraction of sp³-hybridized carbons (Fsp3) is 0.833. The van der Waals surface area contributed by atoms with E-state index >= 15 is 0 Å². The minimum atomic E-state index is -0.497. The van der Waals surface area contributed by atoms with Crippen molar-refractivity contribution >= 4 is 0 Å². The lowest BCUT2D eigenvalue weighted by molar-refractivity contribution is 0.00508. The highest BCUT2D eigenvalue weighted by molar-refractivity contribution is 4.86. The second kappa shape index (κ2) is 5.60. The monoisotopic (exact) mass is 239 g/mol. The second-order valence-electron chi connectivity index (χ2n) is 4.95. The quantitative estimate of drug-likeness (QED) is 0.756. The van der Waals surface area contributed by atoms with Crippen LogP contribution in [-0.2, 0) is 6.42 Å². The second-order valence-corrected chi connectivity index (χ2v) is 4.95. The molecular weight excluding hydrogens is 218 g/mol. The van der Waals surface area contributed by atoms with Gasteiger partial charge >= 0.3 is 0 Å². The highest BCUT2D eigenvalue weighted by Crippen LogP contribution is 2.27. The standard InChI is InChI=1S/C12H21N3O2/c1-10-14-11(17-15-10)5-8-13-9-12(16)6-3-2-4-7-12/h13,16H,2-9H2,1H3. The van der Waals surface area contributed by atoms with Gasteiger partial charge in [0.25, 0.3) is 0 Å². The Morgan fingerprint density at radius 3 is 2.76 bits per heavy atom. The third-order valence-corrected chi connectivity index (χ3v) is 3.32. The number of hydrogen-bond donors (Lipinski definition) is 2. The number of aliphatic hydroxyl groups is 1. The topological polar surface area (TPSA) is 71.2 Å². The number of rotatable bonds is 5. The SMILES string of the molecule is Cc1noc(CCNCC2(O)CCCCC2)n1. The maximum atomic E-state index is 10.3. The van der Waals surface area contributed by atoms with Gasteiger partial charge in [0.2, 0.25) is 5.89 Å². The van der Waals surface area contributed by atoms with Crippen LogP contribution >= 0.6 is 0 Å². The zero-order valence-electron chi connectivity index (χ0n) is 10.4.